The fraction of sp³-hybridized carbons (Fsp3) is 0.583. The minimum Gasteiger partial charge on any atom is -0.338 e. The molecule has 16 heavy (non-hydrogen) atoms. The van der Waals surface area contributed by atoms with Crippen molar-refractivity contribution in [2.45, 2.75) is 32.7 Å². The highest BCUT2D eigenvalue weighted by Crippen LogP contribution is 2.30. The molecule has 0 aromatic carbocycles. The second-order valence-electron chi connectivity index (χ2n) is 4.71. The van der Waals surface area contributed by atoms with Gasteiger partial charge in [0.1, 0.15) is 0 Å². The quantitative estimate of drug-likeness (QED) is 0.710. The highest BCUT2D eigenvalue weighted by Gasteiger charge is 2.30. The van der Waals surface area contributed by atoms with E-state index in [2.05, 4.69) is 28.7 Å². The summed E-state index contributed by atoms with van der Waals surface area (Å²) < 4.78 is 0. The van der Waals surface area contributed by atoms with Crippen molar-refractivity contribution < 1.29 is 4.79 Å². The predicted molar refractivity (Wildman–Crippen MR) is 62.6 cm³/mol. The van der Waals surface area contributed by atoms with Crippen LogP contribution in [-0.2, 0) is 0 Å². The van der Waals surface area contributed by atoms with Gasteiger partial charge in [-0.05, 0) is 18.8 Å². The van der Waals surface area contributed by atoms with Gasteiger partial charge in [0.25, 0.3) is 0 Å². The zero-order valence-corrected chi connectivity index (χ0v) is 9.76. The van der Waals surface area contributed by atoms with E-state index in [1.807, 2.05) is 0 Å². The van der Waals surface area contributed by atoms with Crippen LogP contribution in [0.25, 0.3) is 0 Å². The van der Waals surface area contributed by atoms with Crippen molar-refractivity contribution in [3.63, 3.8) is 0 Å². The first-order chi connectivity index (χ1) is 7.70. The number of nitrogens with zero attached hydrogens (tertiary/aromatic N) is 3. The third-order valence-corrected chi connectivity index (χ3v) is 2.60. The van der Waals surface area contributed by atoms with Gasteiger partial charge in [0.2, 0.25) is 5.95 Å². The number of aldehydes is 1. The first kappa shape index (κ1) is 11.0. The van der Waals surface area contributed by atoms with E-state index < -0.39 is 0 Å². The van der Waals surface area contributed by atoms with Gasteiger partial charge in [-0.15, -0.1) is 0 Å². The Kier molecular flexibility index (Phi) is 3.17. The largest absolute Gasteiger partial charge is 0.338 e. The van der Waals surface area contributed by atoms with Crippen molar-refractivity contribution in [1.82, 2.24) is 9.97 Å². The third-order valence-electron chi connectivity index (χ3n) is 2.60. The second-order valence-corrected chi connectivity index (χ2v) is 4.71. The van der Waals surface area contributed by atoms with E-state index in [1.165, 1.54) is 12.8 Å². The molecule has 4 heteroatoms. The lowest BCUT2D eigenvalue weighted by Crippen LogP contribution is -2.31. The van der Waals surface area contributed by atoms with Crippen LogP contribution in [0, 0.1) is 5.92 Å². The molecule has 0 bridgehead atoms. The summed E-state index contributed by atoms with van der Waals surface area (Å²) in [7, 11) is 0. The van der Waals surface area contributed by atoms with Crippen molar-refractivity contribution in [3.8, 4) is 0 Å². The lowest BCUT2D eigenvalue weighted by atomic mass is 10.2. The molecule has 1 aromatic rings. The van der Waals surface area contributed by atoms with Crippen LogP contribution in [0.5, 0.6) is 0 Å². The molecule has 0 unspecified atom stereocenters. The highest BCUT2D eigenvalue weighted by atomic mass is 16.1. The lowest BCUT2D eigenvalue weighted by molar-refractivity contribution is 0.112. The monoisotopic (exact) mass is 219 g/mol. The molecular formula is C12H17N3O. The molecule has 0 atom stereocenters. The maximum Gasteiger partial charge on any atom is 0.225 e. The minimum absolute atomic E-state index is 0.532. The van der Waals surface area contributed by atoms with Crippen LogP contribution in [-0.4, -0.2) is 28.8 Å². The molecule has 86 valence electrons. The summed E-state index contributed by atoms with van der Waals surface area (Å²) in [6.45, 7) is 5.36. The number of carbonyl (C=O) groups is 1. The summed E-state index contributed by atoms with van der Waals surface area (Å²) >= 11 is 0. The maximum absolute atomic E-state index is 10.5. The Morgan fingerprint density at radius 2 is 2.06 bits per heavy atom. The Hall–Kier alpha value is -1.45. The zero-order chi connectivity index (χ0) is 11.5. The zero-order valence-electron chi connectivity index (χ0n) is 9.76. The van der Waals surface area contributed by atoms with E-state index in [4.69, 9.17) is 0 Å². The molecule has 0 spiro atoms. The second kappa shape index (κ2) is 4.60. The number of carbonyl (C=O) groups excluding carboxylic acids is 1. The smallest absolute Gasteiger partial charge is 0.225 e. The first-order valence-corrected chi connectivity index (χ1v) is 5.74. The highest BCUT2D eigenvalue weighted by molar-refractivity contribution is 5.73. The maximum atomic E-state index is 10.5. The van der Waals surface area contributed by atoms with Crippen molar-refractivity contribution in [2.75, 3.05) is 11.4 Å². The van der Waals surface area contributed by atoms with Gasteiger partial charge in [-0.25, -0.2) is 9.97 Å². The number of hydrogen-bond donors (Lipinski definition) is 0. The first-order valence-electron chi connectivity index (χ1n) is 5.74. The molecule has 2 rings (SSSR count). The molecule has 4 nitrogen and oxygen atoms in total. The van der Waals surface area contributed by atoms with Crippen LogP contribution in [0.4, 0.5) is 5.95 Å². The number of rotatable bonds is 5. The molecule has 0 N–H and O–H groups in total. The molecule has 0 aliphatic heterocycles. The van der Waals surface area contributed by atoms with Gasteiger partial charge in [-0.1, -0.05) is 13.8 Å². The summed E-state index contributed by atoms with van der Waals surface area (Å²) in [5.74, 6) is 1.34. The Balaban J connectivity index is 2.14. The van der Waals surface area contributed by atoms with Crippen molar-refractivity contribution in [1.29, 1.82) is 0 Å². The van der Waals surface area contributed by atoms with Gasteiger partial charge in [-0.2, -0.15) is 0 Å². The van der Waals surface area contributed by atoms with Gasteiger partial charge in [0.05, 0.1) is 5.56 Å². The van der Waals surface area contributed by atoms with E-state index in [1.54, 1.807) is 12.4 Å². The number of anilines is 1. The van der Waals surface area contributed by atoms with Crippen LogP contribution in [0.2, 0.25) is 0 Å². The van der Waals surface area contributed by atoms with E-state index >= 15 is 0 Å². The minimum atomic E-state index is 0.532. The summed E-state index contributed by atoms with van der Waals surface area (Å²) in [5, 5.41) is 0. The molecular weight excluding hydrogens is 202 g/mol. The van der Waals surface area contributed by atoms with Gasteiger partial charge in [-0.3, -0.25) is 4.79 Å². The van der Waals surface area contributed by atoms with E-state index in [0.717, 1.165) is 18.8 Å². The summed E-state index contributed by atoms with van der Waals surface area (Å²) in [5.41, 5.74) is 0.532. The standard InChI is InChI=1S/C12H17N3O/c1-9(2)7-15(11-3-4-11)12-13-5-10(8-16)6-14-12/h5-6,8-9,11H,3-4,7H2,1-2H3. The Morgan fingerprint density at radius 1 is 1.44 bits per heavy atom. The van der Waals surface area contributed by atoms with Crippen LogP contribution in [0.15, 0.2) is 12.4 Å². The molecule has 0 amide bonds. The molecule has 0 radical (unpaired) electrons. The van der Waals surface area contributed by atoms with E-state index in [0.29, 0.717) is 17.5 Å². The SMILES string of the molecule is CC(C)CN(c1ncc(C=O)cn1)C1CC1. The lowest BCUT2D eigenvalue weighted by Gasteiger charge is -2.24. The van der Waals surface area contributed by atoms with E-state index in [9.17, 15) is 4.79 Å². The third kappa shape index (κ3) is 2.56. The summed E-state index contributed by atoms with van der Waals surface area (Å²) in [4.78, 5) is 21.3. The molecule has 1 aromatic heterocycles. The molecule has 1 aliphatic rings. The molecule has 0 saturated heterocycles. The summed E-state index contributed by atoms with van der Waals surface area (Å²) in [6.07, 6.45) is 6.40. The van der Waals surface area contributed by atoms with Crippen molar-refractivity contribution in [2.24, 2.45) is 5.92 Å². The fourth-order valence-corrected chi connectivity index (χ4v) is 1.71. The van der Waals surface area contributed by atoms with Crippen molar-refractivity contribution in [3.05, 3.63) is 18.0 Å². The normalized spacial score (nSPS) is 15.2. The molecule has 1 aliphatic carbocycles. The Morgan fingerprint density at radius 3 is 2.50 bits per heavy atom. The topological polar surface area (TPSA) is 46.1 Å². The Bertz CT molecular complexity index is 357. The number of aromatic nitrogens is 2. The molecule has 1 heterocycles. The van der Waals surface area contributed by atoms with Crippen LogP contribution in [0.3, 0.4) is 0 Å². The van der Waals surface area contributed by atoms with Crippen LogP contribution in [0.1, 0.15) is 37.0 Å². The predicted octanol–water partition coefficient (Wildman–Crippen LogP) is 1.91. The Labute approximate surface area is 95.7 Å². The average Bonchev–Trinajstić information content (AvgIpc) is 3.10. The molecule has 1 saturated carbocycles. The van der Waals surface area contributed by atoms with Crippen LogP contribution < -0.4 is 4.90 Å². The van der Waals surface area contributed by atoms with Gasteiger partial charge in [0, 0.05) is 25.0 Å². The fourth-order valence-electron chi connectivity index (χ4n) is 1.71. The van der Waals surface area contributed by atoms with Gasteiger partial charge in [0.15, 0.2) is 6.29 Å². The average molecular weight is 219 g/mol. The summed E-state index contributed by atoms with van der Waals surface area (Å²) in [6, 6.07) is 0.601. The van der Waals surface area contributed by atoms with Crippen LogP contribution >= 0.6 is 0 Å². The van der Waals surface area contributed by atoms with Gasteiger partial charge >= 0.3 is 0 Å². The molecule has 1 fully saturated rings. The van der Waals surface area contributed by atoms with E-state index in [-0.39, 0.29) is 0 Å². The van der Waals surface area contributed by atoms with Crippen molar-refractivity contribution >= 4 is 12.2 Å². The van der Waals surface area contributed by atoms with Gasteiger partial charge < -0.3 is 4.90 Å². The number of hydrogen-bond acceptors (Lipinski definition) is 4.